The van der Waals surface area contributed by atoms with Gasteiger partial charge in [0.05, 0.1) is 70.6 Å². The Morgan fingerprint density at radius 3 is 1.36 bits per heavy atom. The first-order valence-electron chi connectivity index (χ1n) is 33.6. The standard InChI is InChI=1S/C31H41ClN8O5S.C28H35Cl2N7O5S.C4H8O.C3H7N.CH4.ClH/c1-31(2,3)45-30(42)33-21-11-15-38(19-21)28-18-26(37-12-7-13-37)34-27-17-24(35-40(27)28)25-8-5-6-14-39(25)29(41)22-16-20(32)9-10-23(22)36-46(4,43)44;1-28(2,3)42-27(39)31-18-10-12-35(16-18)25-15-23(30)32-24-14-21(33-37(24)25)22-7-5-6-11-36(22)26(38)19-13-17(29)8-9-20(19)34-43(4,40)41;1-2-4-5-3-1;1-2-4-3-1;;/h9-10,16-18,21,25,36H,5-8,11-15,19H2,1-4H3,(H,33,42);8-9,13-15,18,22,34H,5-7,10-12,16H2,1-4H3,(H,31,39);1-4H2;4H,1-3H2;1H4;1H/t21-,25-;18-,22-;;;;/m00..../s1. The third-order valence-corrected chi connectivity index (χ3v) is 19.1. The molecule has 11 heterocycles. The van der Waals surface area contributed by atoms with E-state index in [0.717, 1.165) is 94.8 Å². The summed E-state index contributed by atoms with van der Waals surface area (Å²) in [5.41, 5.74) is 2.09. The second kappa shape index (κ2) is 34.0. The molecule has 0 spiro atoms. The van der Waals surface area contributed by atoms with Crippen molar-refractivity contribution in [2.24, 2.45) is 0 Å². The van der Waals surface area contributed by atoms with Crippen LogP contribution >= 0.6 is 47.2 Å². The van der Waals surface area contributed by atoms with E-state index in [4.69, 9.17) is 64.2 Å². The van der Waals surface area contributed by atoms with Gasteiger partial charge in [0, 0.05) is 99.9 Å². The highest BCUT2D eigenvalue weighted by Crippen LogP contribution is 2.38. The molecule has 2 aromatic carbocycles. The Hall–Kier alpha value is -6.86. The Kier molecular flexibility index (Phi) is 26.8. The topological polar surface area (TPSA) is 301 Å². The molecule has 6 aromatic rings. The molecule has 7 aliphatic rings. The summed E-state index contributed by atoms with van der Waals surface area (Å²) < 4.78 is 72.4. The van der Waals surface area contributed by atoms with E-state index in [1.165, 1.54) is 62.7 Å². The minimum absolute atomic E-state index is 0. The number of piperidine rings is 2. The summed E-state index contributed by atoms with van der Waals surface area (Å²) in [6.45, 7) is 20.8. The average molecular weight is 1510 g/mol. The molecule has 7 aliphatic heterocycles. The third kappa shape index (κ3) is 21.4. The molecule has 550 valence electrons. The van der Waals surface area contributed by atoms with Crippen molar-refractivity contribution in [3.63, 3.8) is 0 Å². The van der Waals surface area contributed by atoms with Gasteiger partial charge in [0.25, 0.3) is 11.8 Å². The molecule has 4 aromatic heterocycles. The summed E-state index contributed by atoms with van der Waals surface area (Å²) in [5, 5.41) is 19.9. The Balaban J connectivity index is 0.000000222. The van der Waals surface area contributed by atoms with E-state index in [2.05, 4.69) is 51.1 Å². The maximum atomic E-state index is 14.1. The number of nitrogens with zero attached hydrogens (tertiary/aromatic N) is 11. The zero-order chi connectivity index (χ0) is 70.3. The zero-order valence-corrected chi connectivity index (χ0v) is 62.0. The summed E-state index contributed by atoms with van der Waals surface area (Å²) in [7, 11) is -7.26. The van der Waals surface area contributed by atoms with Crippen LogP contribution in [-0.2, 0) is 34.3 Å². The van der Waals surface area contributed by atoms with Crippen LogP contribution in [-0.4, -0.2) is 194 Å². The first kappa shape index (κ1) is 78.9. The van der Waals surface area contributed by atoms with Crippen molar-refractivity contribution in [1.82, 2.24) is 54.9 Å². The van der Waals surface area contributed by atoms with Crippen LogP contribution in [0.4, 0.5) is 38.4 Å². The van der Waals surface area contributed by atoms with E-state index < -0.39 is 43.4 Å². The second-order valence-electron chi connectivity index (χ2n) is 27.7. The number of rotatable bonds is 13. The quantitative estimate of drug-likeness (QED) is 0.0671. The number of benzene rings is 2. The number of carbonyl (C=O) groups is 4. The van der Waals surface area contributed by atoms with Gasteiger partial charge in [-0.3, -0.25) is 19.0 Å². The smallest absolute Gasteiger partial charge is 0.407 e. The van der Waals surface area contributed by atoms with Gasteiger partial charge >= 0.3 is 12.2 Å². The van der Waals surface area contributed by atoms with E-state index in [0.29, 0.717) is 96.4 Å². The Bertz CT molecular complexity index is 4070. The fourth-order valence-corrected chi connectivity index (χ4v) is 14.1. The second-order valence-corrected chi connectivity index (χ2v) is 32.4. The molecule has 0 aliphatic carbocycles. The molecule has 33 heteroatoms. The van der Waals surface area contributed by atoms with Crippen molar-refractivity contribution >= 4 is 131 Å². The van der Waals surface area contributed by atoms with Crippen molar-refractivity contribution in [2.75, 3.05) is 115 Å². The molecular formula is C67H96Cl4N16O11S2. The van der Waals surface area contributed by atoms with Gasteiger partial charge in [0.15, 0.2) is 11.3 Å². The van der Waals surface area contributed by atoms with Gasteiger partial charge in [0.2, 0.25) is 20.0 Å². The minimum atomic E-state index is -3.63. The van der Waals surface area contributed by atoms with Crippen LogP contribution in [0.25, 0.3) is 11.3 Å². The summed E-state index contributed by atoms with van der Waals surface area (Å²) in [4.78, 5) is 72.2. The van der Waals surface area contributed by atoms with Crippen LogP contribution < -0.4 is 40.1 Å². The van der Waals surface area contributed by atoms with E-state index in [1.54, 1.807) is 26.4 Å². The lowest BCUT2D eigenvalue weighted by Gasteiger charge is -2.35. The molecule has 0 saturated carbocycles. The monoisotopic (exact) mass is 1500 g/mol. The van der Waals surface area contributed by atoms with Gasteiger partial charge in [0.1, 0.15) is 33.8 Å². The summed E-state index contributed by atoms with van der Waals surface area (Å²) in [6.07, 6.45) is 12.5. The van der Waals surface area contributed by atoms with E-state index in [9.17, 15) is 36.0 Å². The van der Waals surface area contributed by atoms with Crippen molar-refractivity contribution in [2.45, 2.75) is 161 Å². The number of nitrogens with one attached hydrogen (secondary N) is 5. The number of sulfonamides is 2. The molecule has 0 unspecified atom stereocenters. The van der Waals surface area contributed by atoms with Crippen LogP contribution in [0.3, 0.4) is 0 Å². The molecular weight excluding hydrogens is 1410 g/mol. The molecule has 7 saturated heterocycles. The van der Waals surface area contributed by atoms with Gasteiger partial charge < -0.3 is 54.7 Å². The molecule has 7 fully saturated rings. The van der Waals surface area contributed by atoms with E-state index >= 15 is 0 Å². The highest BCUT2D eigenvalue weighted by molar-refractivity contribution is 7.92. The fraction of sp³-hybridized carbons (Fsp3) is 0.582. The van der Waals surface area contributed by atoms with Gasteiger partial charge in [-0.1, -0.05) is 42.2 Å². The lowest BCUT2D eigenvalue weighted by Crippen LogP contribution is -2.41. The summed E-state index contributed by atoms with van der Waals surface area (Å²) in [6, 6.07) is 15.7. The van der Waals surface area contributed by atoms with Crippen LogP contribution in [0.5, 0.6) is 0 Å². The minimum Gasteiger partial charge on any atom is -0.444 e. The molecule has 100 heavy (non-hydrogen) atoms. The molecule has 5 N–H and O–H groups in total. The van der Waals surface area contributed by atoms with Crippen molar-refractivity contribution in [1.29, 1.82) is 0 Å². The van der Waals surface area contributed by atoms with Crippen LogP contribution in [0.15, 0.2) is 60.7 Å². The molecule has 0 bridgehead atoms. The largest absolute Gasteiger partial charge is 0.444 e. The SMILES string of the molecule is C.C1CCOC1.C1CNC1.CC(C)(C)OC(=O)N[C@H]1CCN(c2cc(Cl)nc3cc([C@@H]4CCCCN4C(=O)c4cc(Cl)ccc4NS(C)(=O)=O)nn23)C1.CC(C)(C)OC(=O)N[C@H]1CCN(c2cc(N3CCC3)nc3cc([C@@H]4CCCCN4C(=O)c4cc(Cl)ccc4NS(C)(=O)=O)nn23)C1.Cl. The lowest BCUT2D eigenvalue weighted by atomic mass is 9.98. The number of alkyl carbamates (subject to hydrolysis) is 2. The highest BCUT2D eigenvalue weighted by Gasteiger charge is 2.37. The predicted molar refractivity (Wildman–Crippen MR) is 394 cm³/mol. The first-order chi connectivity index (χ1) is 46.4. The van der Waals surface area contributed by atoms with Gasteiger partial charge in [-0.25, -0.2) is 36.4 Å². The number of amides is 4. The normalized spacial score (nSPS) is 20.0. The van der Waals surface area contributed by atoms with Crippen molar-refractivity contribution in [3.05, 3.63) is 98.4 Å². The first-order valence-corrected chi connectivity index (χ1v) is 38.5. The maximum absolute atomic E-state index is 14.1. The lowest BCUT2D eigenvalue weighted by molar-refractivity contribution is 0.0497. The molecule has 4 atom stereocenters. The summed E-state index contributed by atoms with van der Waals surface area (Å²) >= 11 is 18.9. The molecule has 13 rings (SSSR count). The van der Waals surface area contributed by atoms with Crippen LogP contribution in [0, 0.1) is 0 Å². The average Bonchev–Trinajstić information content (AvgIpc) is 1.59. The van der Waals surface area contributed by atoms with E-state index in [1.807, 2.05) is 58.2 Å². The number of carbonyl (C=O) groups excluding carboxylic acids is 4. The van der Waals surface area contributed by atoms with Gasteiger partial charge in [-0.15, -0.1) is 12.4 Å². The summed E-state index contributed by atoms with van der Waals surface area (Å²) in [5.74, 6) is 1.79. The Morgan fingerprint density at radius 1 is 0.550 bits per heavy atom. The fourth-order valence-electron chi connectivity index (χ4n) is 12.4. The maximum Gasteiger partial charge on any atom is 0.407 e. The number of aromatic nitrogens is 6. The van der Waals surface area contributed by atoms with Gasteiger partial charge in [-0.05, 0) is 168 Å². The zero-order valence-electron chi connectivity index (χ0n) is 57.3. The highest BCUT2D eigenvalue weighted by atomic mass is 35.5. The van der Waals surface area contributed by atoms with Crippen molar-refractivity contribution in [3.8, 4) is 0 Å². The predicted octanol–water partition coefficient (Wildman–Crippen LogP) is 11.1. The third-order valence-electron chi connectivity index (χ3n) is 17.2. The van der Waals surface area contributed by atoms with Crippen LogP contribution in [0.1, 0.15) is 170 Å². The Morgan fingerprint density at radius 2 is 0.980 bits per heavy atom. The Labute approximate surface area is 607 Å². The number of ether oxygens (including phenoxy) is 3. The number of halogens is 4. The number of hydrogen-bond acceptors (Lipinski definition) is 19. The number of anilines is 5. The number of fused-ring (bicyclic) bond motifs is 2. The van der Waals surface area contributed by atoms with Gasteiger partial charge in [-0.2, -0.15) is 19.2 Å². The van der Waals surface area contributed by atoms with E-state index in [-0.39, 0.29) is 78.3 Å². The molecule has 4 amide bonds. The molecule has 27 nitrogen and oxygen atoms in total. The number of likely N-dealkylation sites (tertiary alicyclic amines) is 2. The molecule has 0 radical (unpaired) electrons. The number of hydrogen-bond donors (Lipinski definition) is 5. The van der Waals surface area contributed by atoms with Crippen LogP contribution in [0.2, 0.25) is 15.2 Å². The van der Waals surface area contributed by atoms with Crippen molar-refractivity contribution < 1.29 is 50.2 Å².